The zero-order chi connectivity index (χ0) is 14.8. The molecule has 0 unspecified atom stereocenters. The minimum atomic E-state index is -4.52. The van der Waals surface area contributed by atoms with Crippen LogP contribution in [0.1, 0.15) is 16.7 Å². The maximum absolute atomic E-state index is 12.9. The molecule has 2 aromatic rings. The summed E-state index contributed by atoms with van der Waals surface area (Å²) in [5.41, 5.74) is 0.220. The summed E-state index contributed by atoms with van der Waals surface area (Å²) < 4.78 is 38.7. The minimum absolute atomic E-state index is 0.356. The van der Waals surface area contributed by atoms with Crippen LogP contribution in [0.5, 0.6) is 0 Å². The predicted octanol–water partition coefficient (Wildman–Crippen LogP) is 4.27. The summed E-state index contributed by atoms with van der Waals surface area (Å²) in [5, 5.41) is 12.6. The van der Waals surface area contributed by atoms with Crippen molar-refractivity contribution in [3.63, 3.8) is 0 Å². The Morgan fingerprint density at radius 3 is 2.60 bits per heavy atom. The van der Waals surface area contributed by atoms with Gasteiger partial charge in [0.2, 0.25) is 0 Å². The Bertz CT molecular complexity index is 627. The molecule has 104 valence electrons. The highest BCUT2D eigenvalue weighted by Gasteiger charge is 2.34. The zero-order valence-corrected chi connectivity index (χ0v) is 11.4. The summed E-state index contributed by atoms with van der Waals surface area (Å²) in [5.74, 6) is 0. The molecule has 1 heterocycles. The normalized spacial score (nSPS) is 11.2. The van der Waals surface area contributed by atoms with E-state index in [0.29, 0.717) is 12.2 Å². The van der Waals surface area contributed by atoms with E-state index in [4.69, 9.17) is 5.26 Å². The third kappa shape index (κ3) is 3.11. The average molecular weight is 296 g/mol. The summed E-state index contributed by atoms with van der Waals surface area (Å²) in [7, 11) is 1.72. The van der Waals surface area contributed by atoms with Crippen LogP contribution >= 0.6 is 11.3 Å². The SMILES string of the molecule is CN(Cc1ccsc1)c1ccc(C#N)c(C(F)(F)F)c1. The number of alkyl halides is 3. The molecule has 0 spiro atoms. The van der Waals surface area contributed by atoms with Crippen LogP contribution in [-0.4, -0.2) is 7.05 Å². The fourth-order valence-electron chi connectivity index (χ4n) is 1.85. The molecule has 2 rings (SSSR count). The van der Waals surface area contributed by atoms with Crippen molar-refractivity contribution >= 4 is 17.0 Å². The summed E-state index contributed by atoms with van der Waals surface area (Å²) in [6.07, 6.45) is -4.52. The Morgan fingerprint density at radius 2 is 2.05 bits per heavy atom. The summed E-state index contributed by atoms with van der Waals surface area (Å²) in [6, 6.07) is 7.26. The van der Waals surface area contributed by atoms with E-state index in [0.717, 1.165) is 11.6 Å². The third-order valence-corrected chi connectivity index (χ3v) is 3.60. The van der Waals surface area contributed by atoms with Crippen molar-refractivity contribution in [3.8, 4) is 6.07 Å². The van der Waals surface area contributed by atoms with Crippen molar-refractivity contribution in [3.05, 3.63) is 51.7 Å². The number of nitrogens with zero attached hydrogens (tertiary/aromatic N) is 2. The van der Waals surface area contributed by atoms with Crippen LogP contribution < -0.4 is 4.90 Å². The van der Waals surface area contributed by atoms with Gasteiger partial charge in [0.1, 0.15) is 0 Å². The molecule has 0 saturated carbocycles. The molecular formula is C14H11F3N2S. The van der Waals surface area contributed by atoms with Crippen molar-refractivity contribution in [1.82, 2.24) is 0 Å². The Kier molecular flexibility index (Phi) is 4.00. The highest BCUT2D eigenvalue weighted by Crippen LogP contribution is 2.34. The van der Waals surface area contributed by atoms with Crippen LogP contribution in [0, 0.1) is 11.3 Å². The Balaban J connectivity index is 2.31. The quantitative estimate of drug-likeness (QED) is 0.845. The molecule has 2 nitrogen and oxygen atoms in total. The summed E-state index contributed by atoms with van der Waals surface area (Å²) >= 11 is 1.54. The van der Waals surface area contributed by atoms with Crippen LogP contribution in [0.4, 0.5) is 18.9 Å². The van der Waals surface area contributed by atoms with Gasteiger partial charge in [-0.1, -0.05) is 0 Å². The lowest BCUT2D eigenvalue weighted by atomic mass is 10.1. The van der Waals surface area contributed by atoms with Crippen molar-refractivity contribution in [2.75, 3.05) is 11.9 Å². The van der Waals surface area contributed by atoms with Gasteiger partial charge in [0, 0.05) is 19.3 Å². The zero-order valence-electron chi connectivity index (χ0n) is 10.6. The number of benzene rings is 1. The first kappa shape index (κ1) is 14.4. The van der Waals surface area contributed by atoms with Crippen molar-refractivity contribution in [2.24, 2.45) is 0 Å². The van der Waals surface area contributed by atoms with Crippen molar-refractivity contribution < 1.29 is 13.2 Å². The molecule has 0 bridgehead atoms. The molecule has 0 N–H and O–H groups in total. The number of rotatable bonds is 3. The lowest BCUT2D eigenvalue weighted by Gasteiger charge is -2.20. The van der Waals surface area contributed by atoms with E-state index in [-0.39, 0.29) is 5.56 Å². The van der Waals surface area contributed by atoms with Gasteiger partial charge in [-0.05, 0) is 40.6 Å². The van der Waals surface area contributed by atoms with Crippen LogP contribution in [0.3, 0.4) is 0 Å². The minimum Gasteiger partial charge on any atom is -0.370 e. The van der Waals surface area contributed by atoms with E-state index in [1.807, 2.05) is 16.8 Å². The number of hydrogen-bond donors (Lipinski definition) is 0. The van der Waals surface area contributed by atoms with Gasteiger partial charge in [0.25, 0.3) is 0 Å². The molecular weight excluding hydrogens is 285 g/mol. The lowest BCUT2D eigenvalue weighted by Crippen LogP contribution is -2.17. The van der Waals surface area contributed by atoms with Crippen molar-refractivity contribution in [2.45, 2.75) is 12.7 Å². The van der Waals surface area contributed by atoms with Gasteiger partial charge in [0.15, 0.2) is 0 Å². The van der Waals surface area contributed by atoms with E-state index in [1.165, 1.54) is 12.1 Å². The summed E-state index contributed by atoms with van der Waals surface area (Å²) in [4.78, 5) is 1.72. The first-order valence-corrected chi connectivity index (χ1v) is 6.69. The van der Waals surface area contributed by atoms with Crippen LogP contribution in [0.2, 0.25) is 0 Å². The van der Waals surface area contributed by atoms with Gasteiger partial charge in [-0.3, -0.25) is 0 Å². The molecule has 20 heavy (non-hydrogen) atoms. The van der Waals surface area contributed by atoms with Gasteiger partial charge in [0.05, 0.1) is 17.2 Å². The standard InChI is InChI=1S/C14H11F3N2S/c1-19(8-10-4-5-20-9-10)12-3-2-11(7-18)13(6-12)14(15,16)17/h2-6,9H,8H2,1H3. The molecule has 0 aliphatic carbocycles. The number of anilines is 1. The molecule has 0 aliphatic rings. The molecule has 0 amide bonds. The fraction of sp³-hybridized carbons (Fsp3) is 0.214. The van der Waals surface area contributed by atoms with Crippen molar-refractivity contribution in [1.29, 1.82) is 5.26 Å². The van der Waals surface area contributed by atoms with E-state index in [1.54, 1.807) is 29.4 Å². The molecule has 1 aromatic carbocycles. The highest BCUT2D eigenvalue weighted by molar-refractivity contribution is 7.07. The maximum Gasteiger partial charge on any atom is 0.417 e. The van der Waals surface area contributed by atoms with Crippen LogP contribution in [0.25, 0.3) is 0 Å². The number of halogens is 3. The summed E-state index contributed by atoms with van der Waals surface area (Å²) in [6.45, 7) is 0.521. The Labute approximate surface area is 118 Å². The first-order valence-electron chi connectivity index (χ1n) is 5.75. The largest absolute Gasteiger partial charge is 0.417 e. The second kappa shape index (κ2) is 5.55. The Morgan fingerprint density at radius 1 is 1.30 bits per heavy atom. The molecule has 0 atom stereocenters. The smallest absolute Gasteiger partial charge is 0.370 e. The topological polar surface area (TPSA) is 27.0 Å². The fourth-order valence-corrected chi connectivity index (χ4v) is 2.51. The Hall–Kier alpha value is -2.00. The van der Waals surface area contributed by atoms with E-state index >= 15 is 0 Å². The molecule has 6 heteroatoms. The average Bonchev–Trinajstić information content (AvgIpc) is 2.89. The van der Waals surface area contributed by atoms with E-state index in [2.05, 4.69) is 0 Å². The predicted molar refractivity (Wildman–Crippen MR) is 72.6 cm³/mol. The lowest BCUT2D eigenvalue weighted by molar-refractivity contribution is -0.137. The number of nitriles is 1. The molecule has 0 saturated heterocycles. The highest BCUT2D eigenvalue weighted by atomic mass is 32.1. The molecule has 0 radical (unpaired) electrons. The monoisotopic (exact) mass is 296 g/mol. The maximum atomic E-state index is 12.9. The molecule has 0 fully saturated rings. The van der Waals surface area contributed by atoms with Gasteiger partial charge in [-0.2, -0.15) is 29.8 Å². The second-order valence-electron chi connectivity index (χ2n) is 4.33. The number of hydrogen-bond acceptors (Lipinski definition) is 3. The van der Waals surface area contributed by atoms with E-state index < -0.39 is 11.7 Å². The van der Waals surface area contributed by atoms with Crippen LogP contribution in [0.15, 0.2) is 35.0 Å². The first-order chi connectivity index (χ1) is 9.41. The number of thiophene rings is 1. The molecule has 1 aromatic heterocycles. The second-order valence-corrected chi connectivity index (χ2v) is 5.11. The van der Waals surface area contributed by atoms with Gasteiger partial charge >= 0.3 is 6.18 Å². The van der Waals surface area contributed by atoms with Gasteiger partial charge in [-0.25, -0.2) is 0 Å². The third-order valence-electron chi connectivity index (χ3n) is 2.87. The van der Waals surface area contributed by atoms with Gasteiger partial charge < -0.3 is 4.90 Å². The van der Waals surface area contributed by atoms with Gasteiger partial charge in [-0.15, -0.1) is 0 Å². The molecule has 0 aliphatic heterocycles. The van der Waals surface area contributed by atoms with Crippen LogP contribution in [-0.2, 0) is 12.7 Å². The van der Waals surface area contributed by atoms with E-state index in [9.17, 15) is 13.2 Å².